The van der Waals surface area contributed by atoms with Gasteiger partial charge in [-0.2, -0.15) is 0 Å². The van der Waals surface area contributed by atoms with Crippen LogP contribution in [0.1, 0.15) is 26.7 Å². The zero-order valence-electron chi connectivity index (χ0n) is 10.6. The van der Waals surface area contributed by atoms with Gasteiger partial charge in [-0.1, -0.05) is 0 Å². The van der Waals surface area contributed by atoms with Gasteiger partial charge in [-0.15, -0.1) is 12.4 Å². The van der Waals surface area contributed by atoms with Crippen LogP contribution in [0.4, 0.5) is 0 Å². The monoisotopic (exact) mass is 262 g/mol. The van der Waals surface area contributed by atoms with Gasteiger partial charge in [0.2, 0.25) is 5.91 Å². The lowest BCUT2D eigenvalue weighted by Crippen LogP contribution is -2.48. The van der Waals surface area contributed by atoms with Crippen LogP contribution in [0.15, 0.2) is 0 Å². The van der Waals surface area contributed by atoms with Crippen molar-refractivity contribution >= 4 is 18.3 Å². The molecule has 0 aliphatic carbocycles. The van der Waals surface area contributed by atoms with Crippen molar-refractivity contribution in [1.82, 2.24) is 10.2 Å². The molecule has 2 heterocycles. The molecule has 1 amide bonds. The summed E-state index contributed by atoms with van der Waals surface area (Å²) in [4.78, 5) is 14.1. The molecule has 0 bridgehead atoms. The van der Waals surface area contributed by atoms with Gasteiger partial charge in [-0.05, 0) is 39.3 Å². The third-order valence-corrected chi connectivity index (χ3v) is 3.40. The number of nitrogens with zero attached hydrogens (tertiary/aromatic N) is 1. The van der Waals surface area contributed by atoms with Gasteiger partial charge in [0.15, 0.2) is 0 Å². The molecule has 4 nitrogen and oxygen atoms in total. The first kappa shape index (κ1) is 14.7. The average Bonchev–Trinajstić information content (AvgIpc) is 2.68. The molecule has 3 unspecified atom stereocenters. The maximum Gasteiger partial charge on any atom is 0.223 e. The topological polar surface area (TPSA) is 41.6 Å². The summed E-state index contributed by atoms with van der Waals surface area (Å²) in [6, 6.07) is 0. The standard InChI is InChI=1S/C12H22N2O2.ClH/c1-9-7-14(8-10(2)16-9)12(15)5-11-3-4-13-6-11;/h9-11,13H,3-8H2,1-2H3;1H. The van der Waals surface area contributed by atoms with Crippen molar-refractivity contribution in [3.8, 4) is 0 Å². The molecule has 2 rings (SSSR count). The molecule has 3 atom stereocenters. The van der Waals surface area contributed by atoms with Crippen LogP contribution in [0.25, 0.3) is 0 Å². The van der Waals surface area contributed by atoms with Crippen LogP contribution in [0.3, 0.4) is 0 Å². The number of ether oxygens (including phenoxy) is 1. The molecule has 17 heavy (non-hydrogen) atoms. The Hall–Kier alpha value is -0.320. The van der Waals surface area contributed by atoms with Gasteiger partial charge in [0.05, 0.1) is 12.2 Å². The predicted molar refractivity (Wildman–Crippen MR) is 69.4 cm³/mol. The molecule has 2 saturated heterocycles. The van der Waals surface area contributed by atoms with Crippen molar-refractivity contribution < 1.29 is 9.53 Å². The Morgan fingerprint density at radius 2 is 2.00 bits per heavy atom. The lowest BCUT2D eigenvalue weighted by molar-refractivity contribution is -0.144. The Morgan fingerprint density at radius 1 is 1.35 bits per heavy atom. The van der Waals surface area contributed by atoms with E-state index in [1.807, 2.05) is 18.7 Å². The summed E-state index contributed by atoms with van der Waals surface area (Å²) in [5.74, 6) is 0.844. The zero-order valence-corrected chi connectivity index (χ0v) is 11.5. The summed E-state index contributed by atoms with van der Waals surface area (Å²) in [6.45, 7) is 7.64. The summed E-state index contributed by atoms with van der Waals surface area (Å²) in [5.41, 5.74) is 0. The lowest BCUT2D eigenvalue weighted by Gasteiger charge is -2.35. The third-order valence-electron chi connectivity index (χ3n) is 3.40. The summed E-state index contributed by atoms with van der Waals surface area (Å²) in [6.07, 6.45) is 2.19. The summed E-state index contributed by atoms with van der Waals surface area (Å²) >= 11 is 0. The fourth-order valence-corrected chi connectivity index (χ4v) is 2.65. The van der Waals surface area contributed by atoms with Crippen molar-refractivity contribution in [1.29, 1.82) is 0 Å². The largest absolute Gasteiger partial charge is 0.372 e. The number of hydrogen-bond acceptors (Lipinski definition) is 3. The fourth-order valence-electron chi connectivity index (χ4n) is 2.65. The Balaban J connectivity index is 0.00000144. The number of amides is 1. The molecule has 0 radical (unpaired) electrons. The molecular weight excluding hydrogens is 240 g/mol. The molecule has 2 aliphatic rings. The van der Waals surface area contributed by atoms with Crippen LogP contribution in [-0.2, 0) is 9.53 Å². The molecule has 100 valence electrons. The van der Waals surface area contributed by atoms with Gasteiger partial charge in [0.1, 0.15) is 0 Å². The fraction of sp³-hybridized carbons (Fsp3) is 0.917. The molecule has 0 aromatic heterocycles. The Morgan fingerprint density at radius 3 is 2.53 bits per heavy atom. The highest BCUT2D eigenvalue weighted by atomic mass is 35.5. The molecule has 0 saturated carbocycles. The van der Waals surface area contributed by atoms with Gasteiger partial charge in [0, 0.05) is 19.5 Å². The highest BCUT2D eigenvalue weighted by Crippen LogP contribution is 2.17. The van der Waals surface area contributed by atoms with Crippen LogP contribution >= 0.6 is 12.4 Å². The molecular formula is C12H23ClN2O2. The molecule has 5 heteroatoms. The number of hydrogen-bond donors (Lipinski definition) is 1. The summed E-state index contributed by atoms with van der Waals surface area (Å²) < 4.78 is 5.63. The van der Waals surface area contributed by atoms with Gasteiger partial charge in [-0.25, -0.2) is 0 Å². The maximum atomic E-state index is 12.1. The van der Waals surface area contributed by atoms with Gasteiger partial charge in [-0.3, -0.25) is 4.79 Å². The van der Waals surface area contributed by atoms with Crippen molar-refractivity contribution in [3.05, 3.63) is 0 Å². The molecule has 1 N–H and O–H groups in total. The molecule has 2 fully saturated rings. The third kappa shape index (κ3) is 4.12. The highest BCUT2D eigenvalue weighted by molar-refractivity contribution is 5.85. The Bertz CT molecular complexity index is 247. The minimum Gasteiger partial charge on any atom is -0.372 e. The minimum atomic E-state index is 0. The first-order valence-electron chi connectivity index (χ1n) is 6.29. The van der Waals surface area contributed by atoms with Crippen LogP contribution < -0.4 is 5.32 Å². The molecule has 0 aromatic carbocycles. The second-order valence-corrected chi connectivity index (χ2v) is 5.12. The van der Waals surface area contributed by atoms with Crippen LogP contribution in [0.5, 0.6) is 0 Å². The van der Waals surface area contributed by atoms with E-state index in [-0.39, 0.29) is 24.6 Å². The van der Waals surface area contributed by atoms with Gasteiger partial charge < -0.3 is 15.0 Å². The predicted octanol–water partition coefficient (Wildman–Crippen LogP) is 1.04. The summed E-state index contributed by atoms with van der Waals surface area (Å²) in [7, 11) is 0. The van der Waals surface area contributed by atoms with Gasteiger partial charge in [0.25, 0.3) is 0 Å². The van der Waals surface area contributed by atoms with Crippen LogP contribution in [-0.4, -0.2) is 49.2 Å². The van der Waals surface area contributed by atoms with E-state index in [9.17, 15) is 4.79 Å². The van der Waals surface area contributed by atoms with E-state index >= 15 is 0 Å². The lowest BCUT2D eigenvalue weighted by atomic mass is 10.0. The van der Waals surface area contributed by atoms with E-state index in [1.165, 1.54) is 0 Å². The second-order valence-electron chi connectivity index (χ2n) is 5.12. The SMILES string of the molecule is CC1CN(C(=O)CC2CCNC2)CC(C)O1.Cl. The van der Waals surface area contributed by atoms with Crippen molar-refractivity contribution in [3.63, 3.8) is 0 Å². The van der Waals surface area contributed by atoms with Crippen molar-refractivity contribution in [2.75, 3.05) is 26.2 Å². The number of halogens is 1. The van der Waals surface area contributed by atoms with E-state index in [1.54, 1.807) is 0 Å². The quantitative estimate of drug-likeness (QED) is 0.809. The number of rotatable bonds is 2. The smallest absolute Gasteiger partial charge is 0.223 e. The van der Waals surface area contributed by atoms with Crippen LogP contribution in [0.2, 0.25) is 0 Å². The van der Waals surface area contributed by atoms with E-state index in [2.05, 4.69) is 5.32 Å². The number of carbonyl (C=O) groups is 1. The molecule has 2 aliphatic heterocycles. The average molecular weight is 263 g/mol. The van der Waals surface area contributed by atoms with E-state index in [0.717, 1.165) is 32.6 Å². The van der Waals surface area contributed by atoms with E-state index < -0.39 is 0 Å². The molecule has 0 spiro atoms. The number of carbonyl (C=O) groups excluding carboxylic acids is 1. The minimum absolute atomic E-state index is 0. The maximum absolute atomic E-state index is 12.1. The molecule has 0 aromatic rings. The second kappa shape index (κ2) is 6.57. The normalized spacial score (nSPS) is 33.3. The first-order chi connectivity index (χ1) is 7.65. The van der Waals surface area contributed by atoms with E-state index in [4.69, 9.17) is 4.74 Å². The number of nitrogens with one attached hydrogen (secondary N) is 1. The zero-order chi connectivity index (χ0) is 11.5. The number of morpholine rings is 1. The Labute approximate surface area is 109 Å². The van der Waals surface area contributed by atoms with Gasteiger partial charge >= 0.3 is 0 Å². The van der Waals surface area contributed by atoms with Crippen LogP contribution in [0, 0.1) is 5.92 Å². The first-order valence-corrected chi connectivity index (χ1v) is 6.29. The van der Waals surface area contributed by atoms with Crippen molar-refractivity contribution in [2.24, 2.45) is 5.92 Å². The van der Waals surface area contributed by atoms with Crippen molar-refractivity contribution in [2.45, 2.75) is 38.9 Å². The van der Waals surface area contributed by atoms with E-state index in [0.29, 0.717) is 18.2 Å². The summed E-state index contributed by atoms with van der Waals surface area (Å²) in [5, 5.41) is 3.30. The Kier molecular flexibility index (Phi) is 5.70. The highest BCUT2D eigenvalue weighted by Gasteiger charge is 2.28.